The van der Waals surface area contributed by atoms with Crippen LogP contribution >= 0.6 is 0 Å². The van der Waals surface area contributed by atoms with Gasteiger partial charge in [-0.15, -0.1) is 0 Å². The number of ether oxygens (including phenoxy) is 1. The van der Waals surface area contributed by atoms with Crippen molar-refractivity contribution < 1.29 is 14.6 Å². The summed E-state index contributed by atoms with van der Waals surface area (Å²) >= 11 is 0. The Morgan fingerprint density at radius 3 is 2.18 bits per heavy atom. The van der Waals surface area contributed by atoms with Crippen molar-refractivity contribution in [1.29, 1.82) is 0 Å². The average molecular weight is 242 g/mol. The number of carbonyl (C=O) groups is 1. The van der Waals surface area contributed by atoms with Gasteiger partial charge in [-0.05, 0) is 32.1 Å². The molecule has 0 aromatic carbocycles. The normalized spacial score (nSPS) is 22.3. The lowest BCUT2D eigenvalue weighted by atomic mass is 9.77. The van der Waals surface area contributed by atoms with Crippen molar-refractivity contribution in [3.8, 4) is 0 Å². The first-order chi connectivity index (χ1) is 8.15. The topological polar surface area (TPSA) is 46.5 Å². The molecule has 0 radical (unpaired) electrons. The van der Waals surface area contributed by atoms with E-state index < -0.39 is 11.6 Å². The van der Waals surface area contributed by atoms with Crippen LogP contribution in [0.25, 0.3) is 0 Å². The van der Waals surface area contributed by atoms with Gasteiger partial charge in [0.05, 0.1) is 6.61 Å². The smallest absolute Gasteiger partial charge is 0.338 e. The zero-order valence-corrected chi connectivity index (χ0v) is 11.2. The Hall–Kier alpha value is -0.570. The molecular formula is C14H26O3. The van der Waals surface area contributed by atoms with Crippen LogP contribution in [0.5, 0.6) is 0 Å². The van der Waals surface area contributed by atoms with Gasteiger partial charge in [0.2, 0.25) is 0 Å². The third-order valence-electron chi connectivity index (χ3n) is 3.95. The molecule has 1 aliphatic rings. The Bertz CT molecular complexity index is 232. The Morgan fingerprint density at radius 2 is 1.71 bits per heavy atom. The lowest BCUT2D eigenvalue weighted by Crippen LogP contribution is -2.46. The molecule has 1 aliphatic carbocycles. The average Bonchev–Trinajstić information content (AvgIpc) is 2.28. The molecule has 1 unspecified atom stereocenters. The fraction of sp³-hybridized carbons (Fsp3) is 0.929. The van der Waals surface area contributed by atoms with Crippen LogP contribution < -0.4 is 0 Å². The second-order valence-electron chi connectivity index (χ2n) is 5.04. The van der Waals surface area contributed by atoms with E-state index in [0.717, 1.165) is 25.7 Å². The number of aliphatic hydroxyl groups is 1. The van der Waals surface area contributed by atoms with Crippen molar-refractivity contribution in [3.63, 3.8) is 0 Å². The maximum Gasteiger partial charge on any atom is 0.338 e. The van der Waals surface area contributed by atoms with Gasteiger partial charge in [-0.1, -0.05) is 39.0 Å². The van der Waals surface area contributed by atoms with E-state index in [1.807, 2.05) is 6.92 Å². The van der Waals surface area contributed by atoms with Crippen LogP contribution in [0.2, 0.25) is 0 Å². The van der Waals surface area contributed by atoms with E-state index >= 15 is 0 Å². The number of carbonyl (C=O) groups excluding carboxylic acids is 1. The van der Waals surface area contributed by atoms with Crippen LogP contribution in [0.15, 0.2) is 0 Å². The zero-order chi connectivity index (χ0) is 12.7. The van der Waals surface area contributed by atoms with Gasteiger partial charge < -0.3 is 9.84 Å². The van der Waals surface area contributed by atoms with Crippen molar-refractivity contribution in [2.75, 3.05) is 6.61 Å². The Labute approximate surface area is 105 Å². The fourth-order valence-corrected chi connectivity index (χ4v) is 2.79. The van der Waals surface area contributed by atoms with Gasteiger partial charge in [-0.3, -0.25) is 0 Å². The lowest BCUT2D eigenvalue weighted by molar-refractivity contribution is -0.173. The SMILES string of the molecule is CCOC(=O)C(O)(CC)C1CCCCCCC1. The van der Waals surface area contributed by atoms with Crippen molar-refractivity contribution >= 4 is 5.97 Å². The standard InChI is InChI=1S/C14H26O3/c1-3-14(16,13(15)17-4-2)12-10-8-6-5-7-9-11-12/h12,16H,3-11H2,1-2H3. The second-order valence-corrected chi connectivity index (χ2v) is 5.04. The number of hydrogen-bond acceptors (Lipinski definition) is 3. The molecule has 3 nitrogen and oxygen atoms in total. The van der Waals surface area contributed by atoms with E-state index in [1.165, 1.54) is 19.3 Å². The van der Waals surface area contributed by atoms with Gasteiger partial charge >= 0.3 is 5.97 Å². The molecule has 0 saturated heterocycles. The maximum atomic E-state index is 11.9. The summed E-state index contributed by atoms with van der Waals surface area (Å²) in [6, 6.07) is 0. The highest BCUT2D eigenvalue weighted by molar-refractivity contribution is 5.79. The van der Waals surface area contributed by atoms with Gasteiger partial charge in [0, 0.05) is 0 Å². The highest BCUT2D eigenvalue weighted by Crippen LogP contribution is 2.34. The van der Waals surface area contributed by atoms with E-state index in [1.54, 1.807) is 6.92 Å². The zero-order valence-electron chi connectivity index (χ0n) is 11.2. The summed E-state index contributed by atoms with van der Waals surface area (Å²) in [6.45, 7) is 4.00. The monoisotopic (exact) mass is 242 g/mol. The highest BCUT2D eigenvalue weighted by Gasteiger charge is 2.43. The lowest BCUT2D eigenvalue weighted by Gasteiger charge is -2.34. The summed E-state index contributed by atoms with van der Waals surface area (Å²) in [7, 11) is 0. The molecule has 0 spiro atoms. The van der Waals surface area contributed by atoms with Crippen LogP contribution in [0.3, 0.4) is 0 Å². The summed E-state index contributed by atoms with van der Waals surface area (Å²) < 4.78 is 5.03. The Kier molecular flexibility index (Phi) is 5.96. The summed E-state index contributed by atoms with van der Waals surface area (Å²) in [5.74, 6) is -0.347. The minimum Gasteiger partial charge on any atom is -0.464 e. The fourth-order valence-electron chi connectivity index (χ4n) is 2.79. The van der Waals surface area contributed by atoms with Gasteiger partial charge in [0.15, 0.2) is 5.60 Å². The number of rotatable bonds is 4. The first kappa shape index (κ1) is 14.5. The molecule has 0 bridgehead atoms. The molecule has 100 valence electrons. The Morgan fingerprint density at radius 1 is 1.18 bits per heavy atom. The third kappa shape index (κ3) is 3.70. The largest absolute Gasteiger partial charge is 0.464 e. The van der Waals surface area contributed by atoms with E-state index in [0.29, 0.717) is 13.0 Å². The minimum absolute atomic E-state index is 0.0758. The second kappa shape index (κ2) is 7.00. The molecule has 1 fully saturated rings. The van der Waals surface area contributed by atoms with Crippen molar-refractivity contribution in [1.82, 2.24) is 0 Å². The van der Waals surface area contributed by atoms with Crippen LogP contribution in [-0.2, 0) is 9.53 Å². The molecule has 0 amide bonds. The predicted molar refractivity (Wildman–Crippen MR) is 67.7 cm³/mol. The third-order valence-corrected chi connectivity index (χ3v) is 3.95. The summed E-state index contributed by atoms with van der Waals surface area (Å²) in [5, 5.41) is 10.6. The quantitative estimate of drug-likeness (QED) is 0.771. The molecule has 1 atom stereocenters. The van der Waals surface area contributed by atoms with E-state index in [4.69, 9.17) is 4.74 Å². The molecule has 0 heterocycles. The van der Waals surface area contributed by atoms with Gasteiger partial charge in [0.25, 0.3) is 0 Å². The number of hydrogen-bond donors (Lipinski definition) is 1. The van der Waals surface area contributed by atoms with E-state index in [2.05, 4.69) is 0 Å². The van der Waals surface area contributed by atoms with Gasteiger partial charge in [-0.25, -0.2) is 4.79 Å². The van der Waals surface area contributed by atoms with Crippen LogP contribution in [0, 0.1) is 5.92 Å². The first-order valence-corrected chi connectivity index (χ1v) is 7.04. The molecule has 1 rings (SSSR count). The summed E-state index contributed by atoms with van der Waals surface area (Å²) in [5.41, 5.74) is -1.26. The molecule has 0 aromatic heterocycles. The maximum absolute atomic E-state index is 11.9. The van der Waals surface area contributed by atoms with Gasteiger partial charge in [0.1, 0.15) is 0 Å². The van der Waals surface area contributed by atoms with Crippen LogP contribution in [0.1, 0.15) is 65.2 Å². The summed E-state index contributed by atoms with van der Waals surface area (Å²) in [4.78, 5) is 11.9. The molecule has 0 aromatic rings. The van der Waals surface area contributed by atoms with Crippen LogP contribution in [0.4, 0.5) is 0 Å². The predicted octanol–water partition coefficient (Wildman–Crippen LogP) is 3.05. The molecule has 1 N–H and O–H groups in total. The number of esters is 1. The molecular weight excluding hydrogens is 216 g/mol. The molecule has 1 saturated carbocycles. The van der Waals surface area contributed by atoms with Crippen molar-refractivity contribution in [2.45, 2.75) is 70.8 Å². The first-order valence-electron chi connectivity index (χ1n) is 7.04. The highest BCUT2D eigenvalue weighted by atomic mass is 16.5. The van der Waals surface area contributed by atoms with E-state index in [-0.39, 0.29) is 5.92 Å². The minimum atomic E-state index is -1.26. The summed E-state index contributed by atoms with van der Waals surface area (Å²) in [6.07, 6.45) is 8.32. The van der Waals surface area contributed by atoms with Crippen molar-refractivity contribution in [2.24, 2.45) is 5.92 Å². The van der Waals surface area contributed by atoms with Crippen molar-refractivity contribution in [3.05, 3.63) is 0 Å². The molecule has 3 heteroatoms. The van der Waals surface area contributed by atoms with E-state index in [9.17, 15) is 9.90 Å². The molecule has 0 aliphatic heterocycles. The molecule has 17 heavy (non-hydrogen) atoms. The van der Waals surface area contributed by atoms with Crippen LogP contribution in [-0.4, -0.2) is 23.3 Å². The Balaban J connectivity index is 2.70. The van der Waals surface area contributed by atoms with Gasteiger partial charge in [-0.2, -0.15) is 0 Å².